The summed E-state index contributed by atoms with van der Waals surface area (Å²) >= 11 is 0. The van der Waals surface area contributed by atoms with E-state index in [9.17, 15) is 19.7 Å². The largest absolute Gasteiger partial charge is 0.497 e. The molecule has 2 aromatic rings. The minimum absolute atomic E-state index is 0.00806. The Labute approximate surface area is 174 Å². The first-order valence-electron chi connectivity index (χ1n) is 9.49. The molecule has 1 N–H and O–H groups in total. The Bertz CT molecular complexity index is 877. The first kappa shape index (κ1) is 22.9. The van der Waals surface area contributed by atoms with Crippen LogP contribution in [0, 0.1) is 15.5 Å². The summed E-state index contributed by atoms with van der Waals surface area (Å²) in [5.41, 5.74) is 0.614. The summed E-state index contributed by atoms with van der Waals surface area (Å²) in [4.78, 5) is 34.2. The number of carboxylic acids is 1. The van der Waals surface area contributed by atoms with E-state index in [1.165, 1.54) is 12.1 Å². The number of nitro groups is 1. The van der Waals surface area contributed by atoms with E-state index in [1.807, 2.05) is 0 Å². The van der Waals surface area contributed by atoms with Crippen molar-refractivity contribution in [2.45, 2.75) is 39.2 Å². The van der Waals surface area contributed by atoms with Gasteiger partial charge >= 0.3 is 11.9 Å². The number of carbonyl (C=O) groups excluding carboxylic acids is 1. The number of nitrogens with zero attached hydrogens (tertiary/aromatic N) is 1. The molecule has 0 heterocycles. The van der Waals surface area contributed by atoms with Crippen LogP contribution in [0.4, 0.5) is 5.69 Å². The molecule has 0 saturated carbocycles. The molecule has 0 amide bonds. The van der Waals surface area contributed by atoms with Crippen molar-refractivity contribution in [3.05, 3.63) is 69.8 Å². The number of esters is 1. The molecule has 30 heavy (non-hydrogen) atoms. The molecule has 8 heteroatoms. The van der Waals surface area contributed by atoms with E-state index < -0.39 is 22.3 Å². The van der Waals surface area contributed by atoms with Crippen molar-refractivity contribution in [1.29, 1.82) is 0 Å². The van der Waals surface area contributed by atoms with Gasteiger partial charge in [-0.05, 0) is 49.4 Å². The molecule has 0 fully saturated rings. The Morgan fingerprint density at radius 1 is 1.03 bits per heavy atom. The number of aliphatic carboxylic acids is 1. The quantitative estimate of drug-likeness (QED) is 0.333. The summed E-state index contributed by atoms with van der Waals surface area (Å²) in [5, 5.41) is 19.8. The lowest BCUT2D eigenvalue weighted by atomic mass is 9.80. The van der Waals surface area contributed by atoms with Gasteiger partial charge in [0.2, 0.25) is 0 Å². The highest BCUT2D eigenvalue weighted by Crippen LogP contribution is 2.32. The molecule has 2 aromatic carbocycles. The van der Waals surface area contributed by atoms with Gasteiger partial charge in [0.05, 0.1) is 17.4 Å². The number of ether oxygens (including phenoxy) is 2. The third kappa shape index (κ3) is 6.58. The molecular formula is C22H25NO7. The fraction of sp³-hybridized carbons (Fsp3) is 0.364. The van der Waals surface area contributed by atoms with Crippen LogP contribution < -0.4 is 4.74 Å². The number of hydrogen-bond donors (Lipinski definition) is 1. The predicted molar refractivity (Wildman–Crippen MR) is 109 cm³/mol. The minimum Gasteiger partial charge on any atom is -0.497 e. The summed E-state index contributed by atoms with van der Waals surface area (Å²) in [7, 11) is 1.56. The predicted octanol–water partition coefficient (Wildman–Crippen LogP) is 4.15. The average molecular weight is 415 g/mol. The van der Waals surface area contributed by atoms with Gasteiger partial charge in [-0.3, -0.25) is 19.7 Å². The first-order valence-corrected chi connectivity index (χ1v) is 9.49. The summed E-state index contributed by atoms with van der Waals surface area (Å²) in [6.45, 7) is 1.76. The summed E-state index contributed by atoms with van der Waals surface area (Å²) < 4.78 is 10.6. The van der Waals surface area contributed by atoms with Gasteiger partial charge in [-0.2, -0.15) is 0 Å². The standard InChI is InChI=1S/C22H25NO7/c1-22(14-12-20(24)25,13-11-16-3-7-18(8-4-16)23(27)28)21(26)30-15-17-5-9-19(29-2)10-6-17/h3-10H,11-15H2,1-2H3,(H,24,25). The van der Waals surface area contributed by atoms with Crippen LogP contribution in [-0.4, -0.2) is 29.1 Å². The van der Waals surface area contributed by atoms with Crippen LogP contribution in [0.3, 0.4) is 0 Å². The SMILES string of the molecule is COc1ccc(COC(=O)C(C)(CCC(=O)O)CCc2ccc([N+](=O)[O-])cc2)cc1. The van der Waals surface area contributed by atoms with E-state index in [0.717, 1.165) is 11.1 Å². The van der Waals surface area contributed by atoms with Crippen LogP contribution >= 0.6 is 0 Å². The number of benzene rings is 2. The van der Waals surface area contributed by atoms with Gasteiger partial charge < -0.3 is 14.6 Å². The lowest BCUT2D eigenvalue weighted by molar-refractivity contribution is -0.384. The van der Waals surface area contributed by atoms with Crippen LogP contribution in [0.25, 0.3) is 0 Å². The van der Waals surface area contributed by atoms with Crippen LogP contribution in [-0.2, 0) is 27.4 Å². The number of carbonyl (C=O) groups is 2. The molecule has 0 radical (unpaired) electrons. The number of nitro benzene ring substituents is 1. The van der Waals surface area contributed by atoms with Gasteiger partial charge in [0.25, 0.3) is 5.69 Å². The van der Waals surface area contributed by atoms with Crippen molar-refractivity contribution in [3.8, 4) is 5.75 Å². The van der Waals surface area contributed by atoms with Gasteiger partial charge in [-0.1, -0.05) is 24.3 Å². The Morgan fingerprint density at radius 3 is 2.17 bits per heavy atom. The van der Waals surface area contributed by atoms with Crippen LogP contribution in [0.15, 0.2) is 48.5 Å². The molecule has 160 valence electrons. The van der Waals surface area contributed by atoms with E-state index in [-0.39, 0.29) is 25.1 Å². The molecule has 0 aromatic heterocycles. The smallest absolute Gasteiger partial charge is 0.312 e. The van der Waals surface area contributed by atoms with E-state index in [1.54, 1.807) is 50.4 Å². The molecule has 0 aliphatic carbocycles. The Balaban J connectivity index is 2.04. The van der Waals surface area contributed by atoms with Crippen molar-refractivity contribution >= 4 is 17.6 Å². The number of aryl methyl sites for hydroxylation is 1. The van der Waals surface area contributed by atoms with Crippen molar-refractivity contribution in [1.82, 2.24) is 0 Å². The third-order valence-electron chi connectivity index (χ3n) is 5.03. The normalized spacial score (nSPS) is 12.6. The lowest BCUT2D eigenvalue weighted by Gasteiger charge is -2.27. The Kier molecular flexibility index (Phi) is 7.91. The van der Waals surface area contributed by atoms with Gasteiger partial charge in [0.15, 0.2) is 0 Å². The fourth-order valence-electron chi connectivity index (χ4n) is 2.96. The monoisotopic (exact) mass is 415 g/mol. The molecule has 0 spiro atoms. The van der Waals surface area contributed by atoms with E-state index in [0.29, 0.717) is 18.6 Å². The summed E-state index contributed by atoms with van der Waals surface area (Å²) in [5.74, 6) is -0.763. The highest BCUT2D eigenvalue weighted by atomic mass is 16.6. The number of rotatable bonds is 11. The molecule has 0 aliphatic rings. The molecule has 0 aliphatic heterocycles. The summed E-state index contributed by atoms with van der Waals surface area (Å²) in [6, 6.07) is 13.2. The maximum Gasteiger partial charge on any atom is 0.312 e. The van der Waals surface area contributed by atoms with Gasteiger partial charge in [-0.15, -0.1) is 0 Å². The maximum absolute atomic E-state index is 12.8. The van der Waals surface area contributed by atoms with Crippen molar-refractivity contribution in [3.63, 3.8) is 0 Å². The molecule has 0 bridgehead atoms. The number of carboxylic acid groups (broad SMARTS) is 1. The molecule has 2 rings (SSSR count). The highest BCUT2D eigenvalue weighted by molar-refractivity contribution is 5.77. The zero-order chi connectivity index (χ0) is 22.1. The fourth-order valence-corrected chi connectivity index (χ4v) is 2.96. The topological polar surface area (TPSA) is 116 Å². The zero-order valence-corrected chi connectivity index (χ0v) is 17.0. The number of non-ortho nitro benzene ring substituents is 1. The molecule has 1 atom stereocenters. The molecule has 1 unspecified atom stereocenters. The molecule has 0 saturated heterocycles. The summed E-state index contributed by atoms with van der Waals surface area (Å²) in [6.07, 6.45) is 0.802. The van der Waals surface area contributed by atoms with Crippen molar-refractivity contribution in [2.24, 2.45) is 5.41 Å². The van der Waals surface area contributed by atoms with Crippen molar-refractivity contribution < 1.29 is 29.1 Å². The van der Waals surface area contributed by atoms with Gasteiger partial charge in [-0.25, -0.2) is 0 Å². The van der Waals surface area contributed by atoms with Crippen LogP contribution in [0.5, 0.6) is 5.75 Å². The second-order valence-electron chi connectivity index (χ2n) is 7.30. The van der Waals surface area contributed by atoms with E-state index in [4.69, 9.17) is 14.6 Å². The van der Waals surface area contributed by atoms with E-state index in [2.05, 4.69) is 0 Å². The minimum atomic E-state index is -0.993. The Hall–Kier alpha value is -3.42. The van der Waals surface area contributed by atoms with Crippen LogP contribution in [0.2, 0.25) is 0 Å². The number of methoxy groups -OCH3 is 1. The molecule has 8 nitrogen and oxygen atoms in total. The van der Waals surface area contributed by atoms with Gasteiger partial charge in [0.1, 0.15) is 12.4 Å². The van der Waals surface area contributed by atoms with Crippen molar-refractivity contribution in [2.75, 3.05) is 7.11 Å². The zero-order valence-electron chi connectivity index (χ0n) is 17.0. The van der Waals surface area contributed by atoms with E-state index >= 15 is 0 Å². The molecular weight excluding hydrogens is 390 g/mol. The highest BCUT2D eigenvalue weighted by Gasteiger charge is 2.35. The second kappa shape index (κ2) is 10.4. The average Bonchev–Trinajstić information content (AvgIpc) is 2.75. The lowest BCUT2D eigenvalue weighted by Crippen LogP contribution is -2.31. The second-order valence-corrected chi connectivity index (χ2v) is 7.30. The van der Waals surface area contributed by atoms with Gasteiger partial charge in [0, 0.05) is 18.6 Å². The third-order valence-corrected chi connectivity index (χ3v) is 5.03. The van der Waals surface area contributed by atoms with Crippen LogP contribution in [0.1, 0.15) is 37.3 Å². The number of hydrogen-bond acceptors (Lipinski definition) is 6. The first-order chi connectivity index (χ1) is 14.2. The maximum atomic E-state index is 12.8. The Morgan fingerprint density at radius 2 is 1.63 bits per heavy atom.